The fourth-order valence-corrected chi connectivity index (χ4v) is 2.63. The van der Waals surface area contributed by atoms with E-state index >= 15 is 0 Å². The zero-order valence-electron chi connectivity index (χ0n) is 13.3. The molecule has 0 aromatic heterocycles. The normalized spacial score (nSPS) is 14.1. The average molecular weight is 324 g/mol. The van der Waals surface area contributed by atoms with Gasteiger partial charge in [-0.3, -0.25) is 10.2 Å². The number of benzene rings is 2. The number of nitrogens with zero attached hydrogens (tertiary/aromatic N) is 2. The van der Waals surface area contributed by atoms with E-state index in [1.54, 1.807) is 4.90 Å². The average Bonchev–Trinajstić information content (AvgIpc) is 2.64. The summed E-state index contributed by atoms with van der Waals surface area (Å²) in [6.07, 6.45) is 0. The van der Waals surface area contributed by atoms with Gasteiger partial charge in [0, 0.05) is 26.2 Å². The molecular weight excluding hydrogens is 304 g/mol. The first kappa shape index (κ1) is 16.0. The molecule has 0 aliphatic carbocycles. The number of nitrogens with one attached hydrogen (secondary N) is 2. The Morgan fingerprint density at radius 2 is 1.38 bits per heavy atom. The van der Waals surface area contributed by atoms with E-state index in [0.717, 1.165) is 13.1 Å². The highest BCUT2D eigenvalue weighted by Crippen LogP contribution is 2.24. The van der Waals surface area contributed by atoms with Gasteiger partial charge in [0.2, 0.25) is 0 Å². The molecule has 24 heavy (non-hydrogen) atoms. The molecular formula is C18H20N4O2. The number of carbonyl (C=O) groups is 2. The summed E-state index contributed by atoms with van der Waals surface area (Å²) >= 11 is 0. The van der Waals surface area contributed by atoms with Crippen molar-refractivity contribution in [1.82, 2.24) is 15.5 Å². The van der Waals surface area contributed by atoms with Crippen LogP contribution < -0.4 is 15.5 Å². The number of hydrogen-bond donors (Lipinski definition) is 2. The number of hydrogen-bond acceptors (Lipinski definition) is 3. The minimum atomic E-state index is -0.462. The molecule has 3 rings (SSSR count). The molecule has 2 aromatic rings. The standard InChI is InChI=1S/C18H20N4O2/c23-17(21-13-11-19-12-14-21)20-18(24)22(15-7-3-1-4-8-15)16-9-5-2-6-10-16/h1-10,19H,11-14H2,(H,20,23,24). The second kappa shape index (κ2) is 7.61. The molecule has 6 nitrogen and oxygen atoms in total. The Kier molecular flexibility index (Phi) is 5.08. The molecule has 0 atom stereocenters. The van der Waals surface area contributed by atoms with E-state index in [0.29, 0.717) is 24.5 Å². The zero-order chi connectivity index (χ0) is 16.8. The monoisotopic (exact) mass is 324 g/mol. The number of carbonyl (C=O) groups excluding carboxylic acids is 2. The molecule has 1 fully saturated rings. The quantitative estimate of drug-likeness (QED) is 0.892. The van der Waals surface area contributed by atoms with E-state index < -0.39 is 6.03 Å². The SMILES string of the molecule is O=C(NC(=O)N(c1ccccc1)c1ccccc1)N1CCNCC1. The summed E-state index contributed by atoms with van der Waals surface area (Å²) in [7, 11) is 0. The van der Waals surface area contributed by atoms with Gasteiger partial charge in [0.25, 0.3) is 0 Å². The molecule has 0 saturated carbocycles. The van der Waals surface area contributed by atoms with Crippen LogP contribution in [0.3, 0.4) is 0 Å². The van der Waals surface area contributed by atoms with E-state index in [1.807, 2.05) is 60.7 Å². The summed E-state index contributed by atoms with van der Waals surface area (Å²) in [5.41, 5.74) is 1.41. The summed E-state index contributed by atoms with van der Waals surface area (Å²) in [6, 6.07) is 17.7. The maximum absolute atomic E-state index is 12.7. The van der Waals surface area contributed by atoms with Crippen LogP contribution >= 0.6 is 0 Å². The first-order chi connectivity index (χ1) is 11.8. The summed E-state index contributed by atoms with van der Waals surface area (Å²) < 4.78 is 0. The Hall–Kier alpha value is -2.86. The molecule has 6 heteroatoms. The van der Waals surface area contributed by atoms with Gasteiger partial charge in [0.1, 0.15) is 0 Å². The molecule has 0 unspecified atom stereocenters. The highest BCUT2D eigenvalue weighted by atomic mass is 16.2. The van der Waals surface area contributed by atoms with Crippen molar-refractivity contribution in [3.05, 3.63) is 60.7 Å². The topological polar surface area (TPSA) is 64.7 Å². The number of rotatable bonds is 2. The van der Waals surface area contributed by atoms with Crippen molar-refractivity contribution in [3.8, 4) is 0 Å². The fraction of sp³-hybridized carbons (Fsp3) is 0.222. The lowest BCUT2D eigenvalue weighted by Crippen LogP contribution is -2.53. The Morgan fingerprint density at radius 3 is 1.88 bits per heavy atom. The van der Waals surface area contributed by atoms with Crippen LogP contribution in [0.15, 0.2) is 60.7 Å². The van der Waals surface area contributed by atoms with Crippen molar-refractivity contribution in [2.24, 2.45) is 0 Å². The van der Waals surface area contributed by atoms with Gasteiger partial charge in [-0.1, -0.05) is 36.4 Å². The molecule has 1 heterocycles. The number of imide groups is 1. The van der Waals surface area contributed by atoms with Crippen LogP contribution in [0.25, 0.3) is 0 Å². The number of urea groups is 2. The lowest BCUT2D eigenvalue weighted by Gasteiger charge is -2.29. The third-order valence-electron chi connectivity index (χ3n) is 3.85. The maximum atomic E-state index is 12.7. The van der Waals surface area contributed by atoms with E-state index in [1.165, 1.54) is 4.90 Å². The smallest absolute Gasteiger partial charge is 0.322 e. The third-order valence-corrected chi connectivity index (χ3v) is 3.85. The molecule has 1 aliphatic heterocycles. The molecule has 0 spiro atoms. The minimum absolute atomic E-state index is 0.363. The van der Waals surface area contributed by atoms with Gasteiger partial charge in [-0.2, -0.15) is 0 Å². The van der Waals surface area contributed by atoms with Crippen LogP contribution in [0.4, 0.5) is 21.0 Å². The predicted octanol–water partition coefficient (Wildman–Crippen LogP) is 2.56. The van der Waals surface area contributed by atoms with Crippen LogP contribution in [0, 0.1) is 0 Å². The summed E-state index contributed by atoms with van der Waals surface area (Å²) in [6.45, 7) is 2.66. The van der Waals surface area contributed by atoms with Gasteiger partial charge in [0.05, 0.1) is 11.4 Å². The molecule has 1 aliphatic rings. The first-order valence-corrected chi connectivity index (χ1v) is 7.96. The Bertz CT molecular complexity index is 645. The minimum Gasteiger partial charge on any atom is -0.322 e. The second-order valence-electron chi connectivity index (χ2n) is 5.48. The highest BCUT2D eigenvalue weighted by molar-refractivity contribution is 6.06. The van der Waals surface area contributed by atoms with Crippen molar-refractivity contribution in [2.75, 3.05) is 31.1 Å². The van der Waals surface area contributed by atoms with Gasteiger partial charge in [0.15, 0.2) is 0 Å². The molecule has 0 radical (unpaired) electrons. The summed E-state index contributed by atoms with van der Waals surface area (Å²) in [4.78, 5) is 28.2. The maximum Gasteiger partial charge on any atom is 0.334 e. The van der Waals surface area contributed by atoms with Crippen LogP contribution in [-0.2, 0) is 0 Å². The van der Waals surface area contributed by atoms with Crippen molar-refractivity contribution >= 4 is 23.4 Å². The Balaban J connectivity index is 1.80. The highest BCUT2D eigenvalue weighted by Gasteiger charge is 2.23. The Morgan fingerprint density at radius 1 is 0.875 bits per heavy atom. The predicted molar refractivity (Wildman–Crippen MR) is 93.4 cm³/mol. The molecule has 4 amide bonds. The summed E-state index contributed by atoms with van der Waals surface area (Å²) in [5, 5.41) is 5.67. The molecule has 1 saturated heterocycles. The molecule has 2 N–H and O–H groups in total. The van der Waals surface area contributed by atoms with E-state index in [2.05, 4.69) is 10.6 Å². The fourth-order valence-electron chi connectivity index (χ4n) is 2.63. The lowest BCUT2D eigenvalue weighted by atomic mass is 10.2. The van der Waals surface area contributed by atoms with Crippen molar-refractivity contribution < 1.29 is 9.59 Å². The van der Waals surface area contributed by atoms with E-state index in [-0.39, 0.29) is 6.03 Å². The number of piperazine rings is 1. The van der Waals surface area contributed by atoms with Crippen molar-refractivity contribution in [2.45, 2.75) is 0 Å². The van der Waals surface area contributed by atoms with Gasteiger partial charge < -0.3 is 10.2 Å². The van der Waals surface area contributed by atoms with Gasteiger partial charge in [-0.05, 0) is 24.3 Å². The molecule has 124 valence electrons. The van der Waals surface area contributed by atoms with Crippen LogP contribution in [0.5, 0.6) is 0 Å². The number of amides is 4. The number of anilines is 2. The van der Waals surface area contributed by atoms with Crippen LogP contribution in [0.1, 0.15) is 0 Å². The Labute approximate surface area is 141 Å². The van der Waals surface area contributed by atoms with Gasteiger partial charge >= 0.3 is 12.1 Å². The third kappa shape index (κ3) is 3.72. The largest absolute Gasteiger partial charge is 0.334 e. The van der Waals surface area contributed by atoms with Gasteiger partial charge in [-0.15, -0.1) is 0 Å². The van der Waals surface area contributed by atoms with Crippen LogP contribution in [0.2, 0.25) is 0 Å². The summed E-state index contributed by atoms with van der Waals surface area (Å²) in [5.74, 6) is 0. The molecule has 0 bridgehead atoms. The van der Waals surface area contributed by atoms with Crippen molar-refractivity contribution in [1.29, 1.82) is 0 Å². The first-order valence-electron chi connectivity index (χ1n) is 7.96. The van der Waals surface area contributed by atoms with Crippen LogP contribution in [-0.4, -0.2) is 43.1 Å². The lowest BCUT2D eigenvalue weighted by molar-refractivity contribution is 0.189. The second-order valence-corrected chi connectivity index (χ2v) is 5.48. The number of para-hydroxylation sites is 2. The van der Waals surface area contributed by atoms with Crippen molar-refractivity contribution in [3.63, 3.8) is 0 Å². The van der Waals surface area contributed by atoms with E-state index in [4.69, 9.17) is 0 Å². The molecule has 2 aromatic carbocycles. The van der Waals surface area contributed by atoms with E-state index in [9.17, 15) is 9.59 Å². The zero-order valence-corrected chi connectivity index (χ0v) is 13.3. The van der Waals surface area contributed by atoms with Gasteiger partial charge in [-0.25, -0.2) is 9.59 Å².